The summed E-state index contributed by atoms with van der Waals surface area (Å²) in [4.78, 5) is 0. The molecule has 0 aromatic heterocycles. The molecule has 5 heteroatoms. The van der Waals surface area contributed by atoms with Crippen LogP contribution in [0.5, 0.6) is 0 Å². The van der Waals surface area contributed by atoms with E-state index in [9.17, 15) is 8.78 Å². The van der Waals surface area contributed by atoms with Crippen LogP contribution in [0.15, 0.2) is 0 Å². The standard InChI is InChI=1S/C9H9Cl2F2N/c1-3(2)4-5(10)6(11)7(12)8(13)9(4)14/h3H,14H2,1-2H3. The summed E-state index contributed by atoms with van der Waals surface area (Å²) in [6.45, 7) is 3.54. The Hall–Kier alpha value is -0.540. The second-order valence-electron chi connectivity index (χ2n) is 3.24. The SMILES string of the molecule is CC(C)c1c(N)c(F)c(F)c(Cl)c1Cl. The predicted molar refractivity (Wildman–Crippen MR) is 54.9 cm³/mol. The number of hydrogen-bond acceptors (Lipinski definition) is 1. The molecule has 0 radical (unpaired) electrons. The second-order valence-corrected chi connectivity index (χ2v) is 3.99. The van der Waals surface area contributed by atoms with E-state index < -0.39 is 16.7 Å². The Morgan fingerprint density at radius 3 is 2.00 bits per heavy atom. The van der Waals surface area contributed by atoms with Gasteiger partial charge in [-0.05, 0) is 5.92 Å². The maximum absolute atomic E-state index is 13.1. The fourth-order valence-electron chi connectivity index (χ4n) is 1.23. The lowest BCUT2D eigenvalue weighted by Gasteiger charge is -2.14. The van der Waals surface area contributed by atoms with Crippen molar-refractivity contribution in [2.75, 3.05) is 5.73 Å². The highest BCUT2D eigenvalue weighted by atomic mass is 35.5. The molecule has 78 valence electrons. The van der Waals surface area contributed by atoms with E-state index >= 15 is 0 Å². The van der Waals surface area contributed by atoms with Crippen molar-refractivity contribution in [3.05, 3.63) is 27.2 Å². The maximum atomic E-state index is 13.1. The highest BCUT2D eigenvalue weighted by molar-refractivity contribution is 6.42. The third kappa shape index (κ3) is 1.66. The Bertz CT molecular complexity index is 349. The molecule has 1 aromatic carbocycles. The lowest BCUT2D eigenvalue weighted by atomic mass is 10.0. The van der Waals surface area contributed by atoms with Gasteiger partial charge in [-0.15, -0.1) is 0 Å². The Morgan fingerprint density at radius 1 is 1.07 bits per heavy atom. The number of halogens is 4. The minimum atomic E-state index is -1.20. The van der Waals surface area contributed by atoms with E-state index in [0.717, 1.165) is 0 Å². The summed E-state index contributed by atoms with van der Waals surface area (Å²) in [7, 11) is 0. The van der Waals surface area contributed by atoms with Crippen molar-refractivity contribution in [2.45, 2.75) is 19.8 Å². The van der Waals surface area contributed by atoms with E-state index in [1.807, 2.05) is 0 Å². The van der Waals surface area contributed by atoms with Gasteiger partial charge in [0.1, 0.15) is 0 Å². The zero-order valence-electron chi connectivity index (χ0n) is 7.67. The molecule has 1 nitrogen and oxygen atoms in total. The molecule has 0 aliphatic heterocycles. The smallest absolute Gasteiger partial charge is 0.183 e. The monoisotopic (exact) mass is 239 g/mol. The van der Waals surface area contributed by atoms with Gasteiger partial charge in [0, 0.05) is 5.56 Å². The average Bonchev–Trinajstić information content (AvgIpc) is 2.11. The zero-order chi connectivity index (χ0) is 11.0. The Morgan fingerprint density at radius 2 is 1.57 bits per heavy atom. The second kappa shape index (κ2) is 3.91. The summed E-state index contributed by atoms with van der Waals surface area (Å²) >= 11 is 11.3. The minimum Gasteiger partial charge on any atom is -0.396 e. The van der Waals surface area contributed by atoms with Crippen LogP contribution in [0.4, 0.5) is 14.5 Å². The summed E-state index contributed by atoms with van der Waals surface area (Å²) in [5, 5.41) is -0.430. The van der Waals surface area contributed by atoms with Crippen LogP contribution in [0, 0.1) is 11.6 Å². The Labute approximate surface area is 90.8 Å². The molecule has 0 saturated heterocycles. The molecule has 1 rings (SSSR count). The quantitative estimate of drug-likeness (QED) is 0.448. The first-order valence-corrected chi connectivity index (χ1v) is 4.74. The number of hydrogen-bond donors (Lipinski definition) is 1. The van der Waals surface area contributed by atoms with Gasteiger partial charge >= 0.3 is 0 Å². The van der Waals surface area contributed by atoms with Crippen molar-refractivity contribution in [3.63, 3.8) is 0 Å². The highest BCUT2D eigenvalue weighted by Gasteiger charge is 2.22. The summed E-state index contributed by atoms with van der Waals surface area (Å²) in [5.74, 6) is -2.45. The molecule has 0 aliphatic carbocycles. The molecule has 0 aliphatic rings. The minimum absolute atomic E-state index is 0.0157. The van der Waals surface area contributed by atoms with Gasteiger partial charge in [-0.3, -0.25) is 0 Å². The van der Waals surface area contributed by atoms with Crippen molar-refractivity contribution < 1.29 is 8.78 Å². The zero-order valence-corrected chi connectivity index (χ0v) is 9.18. The number of anilines is 1. The van der Waals surface area contributed by atoms with Crippen molar-refractivity contribution in [1.29, 1.82) is 0 Å². The molecule has 0 amide bonds. The summed E-state index contributed by atoms with van der Waals surface area (Å²) in [6, 6.07) is 0. The third-order valence-corrected chi connectivity index (χ3v) is 2.76. The van der Waals surface area contributed by atoms with Crippen LogP contribution in [0.2, 0.25) is 10.0 Å². The molecule has 14 heavy (non-hydrogen) atoms. The van der Waals surface area contributed by atoms with Crippen LogP contribution in [-0.4, -0.2) is 0 Å². The Balaban J connectivity index is 3.60. The van der Waals surface area contributed by atoms with Crippen molar-refractivity contribution in [2.24, 2.45) is 0 Å². The summed E-state index contributed by atoms with van der Waals surface area (Å²) in [6.07, 6.45) is 0. The molecule has 0 unspecified atom stereocenters. The van der Waals surface area contributed by atoms with E-state index in [4.69, 9.17) is 28.9 Å². The van der Waals surface area contributed by atoms with Gasteiger partial charge in [0.05, 0.1) is 15.7 Å². The van der Waals surface area contributed by atoms with E-state index in [2.05, 4.69) is 0 Å². The van der Waals surface area contributed by atoms with Gasteiger partial charge in [0.25, 0.3) is 0 Å². The van der Waals surface area contributed by atoms with Gasteiger partial charge in [0.15, 0.2) is 11.6 Å². The number of nitrogens with two attached hydrogens (primary N) is 1. The lowest BCUT2D eigenvalue weighted by Crippen LogP contribution is -2.04. The molecule has 0 bridgehead atoms. The van der Waals surface area contributed by atoms with Gasteiger partial charge in [-0.2, -0.15) is 0 Å². The number of nitrogen functional groups attached to an aromatic ring is 1. The van der Waals surface area contributed by atoms with Gasteiger partial charge in [0.2, 0.25) is 0 Å². The van der Waals surface area contributed by atoms with Crippen LogP contribution in [0.25, 0.3) is 0 Å². The van der Waals surface area contributed by atoms with E-state index in [1.165, 1.54) is 0 Å². The number of benzene rings is 1. The molecule has 0 atom stereocenters. The molecule has 2 N–H and O–H groups in total. The van der Waals surface area contributed by atoms with Gasteiger partial charge in [-0.1, -0.05) is 37.0 Å². The molecule has 0 spiro atoms. The normalized spacial score (nSPS) is 11.1. The molecular formula is C9H9Cl2F2N. The Kier molecular flexibility index (Phi) is 3.22. The summed E-state index contributed by atoms with van der Waals surface area (Å²) < 4.78 is 26.2. The fourth-order valence-corrected chi connectivity index (χ4v) is 1.82. The number of rotatable bonds is 1. The predicted octanol–water partition coefficient (Wildman–Crippen LogP) is 3.98. The topological polar surface area (TPSA) is 26.0 Å². The van der Waals surface area contributed by atoms with Gasteiger partial charge < -0.3 is 5.73 Å². The van der Waals surface area contributed by atoms with E-state index in [0.29, 0.717) is 5.56 Å². The van der Waals surface area contributed by atoms with Crippen molar-refractivity contribution >= 4 is 28.9 Å². The third-order valence-electron chi connectivity index (χ3n) is 1.92. The molecule has 0 heterocycles. The average molecular weight is 240 g/mol. The van der Waals surface area contributed by atoms with Crippen molar-refractivity contribution in [1.82, 2.24) is 0 Å². The van der Waals surface area contributed by atoms with E-state index in [-0.39, 0.29) is 16.6 Å². The molecular weight excluding hydrogens is 231 g/mol. The van der Waals surface area contributed by atoms with Crippen LogP contribution >= 0.6 is 23.2 Å². The molecule has 1 aromatic rings. The van der Waals surface area contributed by atoms with Crippen LogP contribution in [-0.2, 0) is 0 Å². The highest BCUT2D eigenvalue weighted by Crippen LogP contribution is 2.39. The first kappa shape index (κ1) is 11.5. The summed E-state index contributed by atoms with van der Waals surface area (Å²) in [5.41, 5.74) is 5.47. The first-order chi connectivity index (χ1) is 6.37. The van der Waals surface area contributed by atoms with Crippen LogP contribution in [0.3, 0.4) is 0 Å². The van der Waals surface area contributed by atoms with E-state index in [1.54, 1.807) is 13.8 Å². The molecule has 0 fully saturated rings. The maximum Gasteiger partial charge on any atom is 0.183 e. The lowest BCUT2D eigenvalue weighted by molar-refractivity contribution is 0.510. The van der Waals surface area contributed by atoms with Crippen LogP contribution in [0.1, 0.15) is 25.3 Å². The van der Waals surface area contributed by atoms with Crippen molar-refractivity contribution in [3.8, 4) is 0 Å². The van der Waals surface area contributed by atoms with Gasteiger partial charge in [-0.25, -0.2) is 8.78 Å². The largest absolute Gasteiger partial charge is 0.396 e. The first-order valence-electron chi connectivity index (χ1n) is 3.99. The van der Waals surface area contributed by atoms with Crippen LogP contribution < -0.4 is 5.73 Å². The molecule has 0 saturated carbocycles. The fraction of sp³-hybridized carbons (Fsp3) is 0.333.